The van der Waals surface area contributed by atoms with Gasteiger partial charge >= 0.3 is 11.9 Å². The third kappa shape index (κ3) is 4.16. The lowest BCUT2D eigenvalue weighted by atomic mass is 10.1. The Morgan fingerprint density at radius 2 is 1.95 bits per heavy atom. The van der Waals surface area contributed by atoms with E-state index in [4.69, 9.17) is 15.9 Å². The Balaban J connectivity index is 3.16. The monoisotopic (exact) mass is 297 g/mol. The van der Waals surface area contributed by atoms with Gasteiger partial charge in [0, 0.05) is 17.8 Å². The van der Waals surface area contributed by atoms with E-state index >= 15 is 0 Å². The predicted molar refractivity (Wildman–Crippen MR) is 68.9 cm³/mol. The topological polar surface area (TPSA) is 173 Å². The number of rotatable bonds is 7. The number of aliphatic carboxylic acids is 2. The molecule has 0 fully saturated rings. The van der Waals surface area contributed by atoms with Crippen LogP contribution in [0.1, 0.15) is 16.8 Å². The van der Waals surface area contributed by atoms with E-state index in [1.807, 2.05) is 0 Å². The maximum atomic E-state index is 11.3. The van der Waals surface area contributed by atoms with Crippen molar-refractivity contribution in [2.24, 2.45) is 5.73 Å². The molecule has 1 atom stereocenters. The lowest BCUT2D eigenvalue weighted by molar-refractivity contribution is -0.384. The number of nitro benzene ring substituents is 1. The third-order valence-corrected chi connectivity index (χ3v) is 2.49. The number of nitro groups is 1. The fourth-order valence-corrected chi connectivity index (χ4v) is 1.54. The van der Waals surface area contributed by atoms with Crippen molar-refractivity contribution in [1.82, 2.24) is 0 Å². The standard InChI is InChI=1S/C11H11N3O7/c12-10(17)6-3-5(14(20)21)1-2-7(6)13-8(11(18)19)4-9(15)16/h1-3,8,13H,4H2,(H2,12,17)(H,15,16)(H,18,19). The minimum absolute atomic E-state index is 0.0956. The van der Waals surface area contributed by atoms with Crippen LogP contribution >= 0.6 is 0 Å². The molecule has 1 aromatic rings. The van der Waals surface area contributed by atoms with Gasteiger partial charge in [0.15, 0.2) is 0 Å². The molecule has 10 nitrogen and oxygen atoms in total. The highest BCUT2D eigenvalue weighted by atomic mass is 16.6. The van der Waals surface area contributed by atoms with Gasteiger partial charge in [-0.1, -0.05) is 0 Å². The Hall–Kier alpha value is -3.17. The molecule has 0 heterocycles. The van der Waals surface area contributed by atoms with Crippen molar-refractivity contribution in [1.29, 1.82) is 0 Å². The Kier molecular flexibility index (Phi) is 4.78. The number of amides is 1. The molecule has 0 aliphatic rings. The number of carbonyl (C=O) groups excluding carboxylic acids is 1. The van der Waals surface area contributed by atoms with Crippen LogP contribution in [0.5, 0.6) is 0 Å². The molecule has 1 unspecified atom stereocenters. The van der Waals surface area contributed by atoms with E-state index < -0.39 is 40.9 Å². The summed E-state index contributed by atoms with van der Waals surface area (Å²) >= 11 is 0. The lowest BCUT2D eigenvalue weighted by Gasteiger charge is -2.15. The zero-order valence-electron chi connectivity index (χ0n) is 10.5. The molecule has 1 aromatic carbocycles. The molecular weight excluding hydrogens is 286 g/mol. The molecule has 1 amide bonds. The van der Waals surface area contributed by atoms with Crippen LogP contribution in [-0.2, 0) is 9.59 Å². The number of nitrogens with one attached hydrogen (secondary N) is 1. The first kappa shape index (κ1) is 15.9. The van der Waals surface area contributed by atoms with E-state index in [9.17, 15) is 24.5 Å². The van der Waals surface area contributed by atoms with Gasteiger partial charge in [-0.2, -0.15) is 0 Å². The molecule has 112 valence electrons. The summed E-state index contributed by atoms with van der Waals surface area (Å²) < 4.78 is 0. The van der Waals surface area contributed by atoms with Gasteiger partial charge in [0.25, 0.3) is 11.6 Å². The van der Waals surface area contributed by atoms with Crippen molar-refractivity contribution < 1.29 is 29.5 Å². The Morgan fingerprint density at radius 1 is 1.33 bits per heavy atom. The van der Waals surface area contributed by atoms with E-state index in [0.29, 0.717) is 0 Å². The number of anilines is 1. The van der Waals surface area contributed by atoms with Crippen molar-refractivity contribution in [2.75, 3.05) is 5.32 Å². The molecular formula is C11H11N3O7. The van der Waals surface area contributed by atoms with Crippen LogP contribution in [0.25, 0.3) is 0 Å². The number of nitrogens with zero attached hydrogens (tertiary/aromatic N) is 1. The normalized spacial score (nSPS) is 11.4. The molecule has 1 rings (SSSR count). The SMILES string of the molecule is NC(=O)c1cc([N+](=O)[O-])ccc1NC(CC(=O)O)C(=O)O. The smallest absolute Gasteiger partial charge is 0.326 e. The van der Waals surface area contributed by atoms with E-state index in [2.05, 4.69) is 5.32 Å². The van der Waals surface area contributed by atoms with Gasteiger partial charge in [-0.15, -0.1) is 0 Å². The van der Waals surface area contributed by atoms with Gasteiger partial charge in [-0.05, 0) is 6.07 Å². The minimum Gasteiger partial charge on any atom is -0.481 e. The van der Waals surface area contributed by atoms with Crippen LogP contribution in [0, 0.1) is 10.1 Å². The number of hydrogen-bond donors (Lipinski definition) is 4. The number of carbonyl (C=O) groups is 3. The Bertz CT molecular complexity index is 614. The minimum atomic E-state index is -1.51. The summed E-state index contributed by atoms with van der Waals surface area (Å²) in [6, 6.07) is 1.50. The van der Waals surface area contributed by atoms with E-state index in [1.54, 1.807) is 0 Å². The maximum Gasteiger partial charge on any atom is 0.326 e. The van der Waals surface area contributed by atoms with E-state index in [-0.39, 0.29) is 11.3 Å². The average Bonchev–Trinajstić information content (AvgIpc) is 2.37. The molecule has 0 bridgehead atoms. The number of carboxylic acids is 2. The van der Waals surface area contributed by atoms with Crippen LogP contribution in [0.4, 0.5) is 11.4 Å². The molecule has 0 aromatic heterocycles. The van der Waals surface area contributed by atoms with Crippen molar-refractivity contribution in [3.8, 4) is 0 Å². The highest BCUT2D eigenvalue weighted by Gasteiger charge is 2.23. The molecule has 10 heteroatoms. The zero-order valence-corrected chi connectivity index (χ0v) is 10.5. The van der Waals surface area contributed by atoms with Gasteiger partial charge in [-0.3, -0.25) is 19.7 Å². The fraction of sp³-hybridized carbons (Fsp3) is 0.182. The first-order valence-corrected chi connectivity index (χ1v) is 5.51. The average molecular weight is 297 g/mol. The van der Waals surface area contributed by atoms with Gasteiger partial charge in [0.1, 0.15) is 6.04 Å². The molecule has 5 N–H and O–H groups in total. The van der Waals surface area contributed by atoms with Crippen LogP contribution in [0.2, 0.25) is 0 Å². The molecule has 0 saturated heterocycles. The predicted octanol–water partition coefficient (Wildman–Crippen LogP) is 0.0335. The fourth-order valence-electron chi connectivity index (χ4n) is 1.54. The molecule has 0 spiro atoms. The first-order chi connectivity index (χ1) is 9.72. The van der Waals surface area contributed by atoms with Crippen LogP contribution < -0.4 is 11.1 Å². The second-order valence-electron chi connectivity index (χ2n) is 3.98. The first-order valence-electron chi connectivity index (χ1n) is 5.51. The van der Waals surface area contributed by atoms with E-state index in [0.717, 1.165) is 18.2 Å². The number of primary amides is 1. The van der Waals surface area contributed by atoms with Gasteiger partial charge in [0.2, 0.25) is 0 Å². The maximum absolute atomic E-state index is 11.3. The molecule has 0 aliphatic carbocycles. The summed E-state index contributed by atoms with van der Waals surface area (Å²) in [7, 11) is 0. The molecule has 0 radical (unpaired) electrons. The highest BCUT2D eigenvalue weighted by molar-refractivity contribution is 6.00. The quantitative estimate of drug-likeness (QED) is 0.403. The van der Waals surface area contributed by atoms with Crippen molar-refractivity contribution >= 4 is 29.2 Å². The van der Waals surface area contributed by atoms with Crippen molar-refractivity contribution in [3.05, 3.63) is 33.9 Å². The van der Waals surface area contributed by atoms with Crippen LogP contribution in [0.15, 0.2) is 18.2 Å². The number of carboxylic acid groups (broad SMARTS) is 2. The van der Waals surface area contributed by atoms with Crippen LogP contribution in [0.3, 0.4) is 0 Å². The van der Waals surface area contributed by atoms with Gasteiger partial charge < -0.3 is 21.3 Å². The lowest BCUT2D eigenvalue weighted by Crippen LogP contribution is -2.32. The third-order valence-electron chi connectivity index (χ3n) is 2.49. The number of non-ortho nitro benzene ring substituents is 1. The zero-order chi connectivity index (χ0) is 16.2. The molecule has 21 heavy (non-hydrogen) atoms. The molecule has 0 saturated carbocycles. The summed E-state index contributed by atoms with van der Waals surface area (Å²) in [4.78, 5) is 42.7. The Labute approximate surface area is 117 Å². The Morgan fingerprint density at radius 3 is 2.38 bits per heavy atom. The van der Waals surface area contributed by atoms with Crippen LogP contribution in [-0.4, -0.2) is 39.0 Å². The largest absolute Gasteiger partial charge is 0.481 e. The second kappa shape index (κ2) is 6.32. The molecule has 0 aliphatic heterocycles. The number of benzene rings is 1. The van der Waals surface area contributed by atoms with Crippen molar-refractivity contribution in [2.45, 2.75) is 12.5 Å². The number of nitrogens with two attached hydrogens (primary N) is 1. The summed E-state index contributed by atoms with van der Waals surface area (Å²) in [6.07, 6.45) is -0.746. The summed E-state index contributed by atoms with van der Waals surface area (Å²) in [5.74, 6) is -3.83. The summed E-state index contributed by atoms with van der Waals surface area (Å²) in [5.41, 5.74) is 4.27. The van der Waals surface area contributed by atoms with Crippen molar-refractivity contribution in [3.63, 3.8) is 0 Å². The summed E-state index contributed by atoms with van der Waals surface area (Å²) in [6.45, 7) is 0. The van der Waals surface area contributed by atoms with Gasteiger partial charge in [0.05, 0.1) is 16.9 Å². The summed E-state index contributed by atoms with van der Waals surface area (Å²) in [5, 5.41) is 30.5. The second-order valence-corrected chi connectivity index (χ2v) is 3.98. The number of hydrogen-bond acceptors (Lipinski definition) is 6. The highest BCUT2D eigenvalue weighted by Crippen LogP contribution is 2.23. The van der Waals surface area contributed by atoms with E-state index in [1.165, 1.54) is 0 Å². The van der Waals surface area contributed by atoms with Gasteiger partial charge in [-0.25, -0.2) is 4.79 Å².